The number of aromatic amines is 1. The minimum atomic E-state index is 0. The summed E-state index contributed by atoms with van der Waals surface area (Å²) in [6, 6.07) is 19.2. The first-order chi connectivity index (χ1) is 14.8. The van der Waals surface area contributed by atoms with Gasteiger partial charge in [-0.1, -0.05) is 30.3 Å². The number of H-pyrrole nitrogens is 1. The lowest BCUT2D eigenvalue weighted by Crippen LogP contribution is -2.44. The summed E-state index contributed by atoms with van der Waals surface area (Å²) in [5.74, 6) is 1.82. The summed E-state index contributed by atoms with van der Waals surface area (Å²) in [7, 11) is 1.73. The molecular weight excluding hydrogens is 501 g/mol. The highest BCUT2D eigenvalue weighted by atomic mass is 127. The first kappa shape index (κ1) is 23.2. The number of guanidine groups is 1. The standard InChI is InChI=1S/C24H31N5O.HI/c1-3-25-24(26-14-12-19-16-18-8-4-5-9-21(18)27-19)28-20-13-15-29(17-20)22-10-6-7-11-23(22)30-2;/h4-11,16,20,27H,3,12-15,17H2,1-2H3,(H2,25,26,28);1H. The quantitative estimate of drug-likeness (QED) is 0.243. The second kappa shape index (κ2) is 11.3. The van der Waals surface area contributed by atoms with Crippen LogP contribution in [-0.2, 0) is 6.42 Å². The number of ether oxygens (including phenoxy) is 1. The van der Waals surface area contributed by atoms with Crippen molar-refractivity contribution in [3.63, 3.8) is 0 Å². The Morgan fingerprint density at radius 3 is 2.81 bits per heavy atom. The summed E-state index contributed by atoms with van der Waals surface area (Å²) < 4.78 is 5.53. The molecule has 4 rings (SSSR count). The molecule has 2 aromatic carbocycles. The van der Waals surface area contributed by atoms with Gasteiger partial charge in [-0.15, -0.1) is 24.0 Å². The van der Waals surface area contributed by atoms with Crippen molar-refractivity contribution in [1.29, 1.82) is 0 Å². The van der Waals surface area contributed by atoms with Crippen LogP contribution in [0.2, 0.25) is 0 Å². The van der Waals surface area contributed by atoms with Crippen molar-refractivity contribution >= 4 is 46.5 Å². The lowest BCUT2D eigenvalue weighted by molar-refractivity contribution is 0.415. The van der Waals surface area contributed by atoms with E-state index >= 15 is 0 Å². The van der Waals surface area contributed by atoms with Crippen molar-refractivity contribution in [3.8, 4) is 5.75 Å². The summed E-state index contributed by atoms with van der Waals surface area (Å²) in [5, 5.41) is 8.25. The number of hydrogen-bond donors (Lipinski definition) is 3. The van der Waals surface area contributed by atoms with Crippen LogP contribution in [0, 0.1) is 0 Å². The maximum Gasteiger partial charge on any atom is 0.191 e. The van der Waals surface area contributed by atoms with Crippen molar-refractivity contribution in [2.75, 3.05) is 38.2 Å². The Labute approximate surface area is 201 Å². The number of aromatic nitrogens is 1. The van der Waals surface area contributed by atoms with Crippen LogP contribution in [-0.4, -0.2) is 50.3 Å². The Morgan fingerprint density at radius 1 is 1.19 bits per heavy atom. The Morgan fingerprint density at radius 2 is 2.00 bits per heavy atom. The molecule has 31 heavy (non-hydrogen) atoms. The van der Waals surface area contributed by atoms with E-state index in [1.165, 1.54) is 16.6 Å². The van der Waals surface area contributed by atoms with Gasteiger partial charge in [0.05, 0.1) is 12.8 Å². The average Bonchev–Trinajstić information content (AvgIpc) is 3.40. The first-order valence-corrected chi connectivity index (χ1v) is 10.8. The predicted octanol–water partition coefficient (Wildman–Crippen LogP) is 4.17. The molecule has 1 atom stereocenters. The molecule has 0 spiro atoms. The first-order valence-electron chi connectivity index (χ1n) is 10.8. The molecule has 0 radical (unpaired) electrons. The largest absolute Gasteiger partial charge is 0.495 e. The molecule has 166 valence electrons. The zero-order valence-electron chi connectivity index (χ0n) is 18.2. The molecule has 0 bridgehead atoms. The van der Waals surface area contributed by atoms with E-state index < -0.39 is 0 Å². The smallest absolute Gasteiger partial charge is 0.191 e. The van der Waals surface area contributed by atoms with E-state index in [1.807, 2.05) is 12.1 Å². The van der Waals surface area contributed by atoms with Crippen molar-refractivity contribution < 1.29 is 4.74 Å². The minimum Gasteiger partial charge on any atom is -0.495 e. The Hall–Kier alpha value is -2.42. The molecule has 1 saturated heterocycles. The van der Waals surface area contributed by atoms with Crippen LogP contribution in [0.15, 0.2) is 59.6 Å². The monoisotopic (exact) mass is 533 g/mol. The number of para-hydroxylation sites is 3. The fraction of sp³-hybridized carbons (Fsp3) is 0.375. The van der Waals surface area contributed by atoms with E-state index in [-0.39, 0.29) is 24.0 Å². The number of anilines is 1. The topological polar surface area (TPSA) is 64.7 Å². The van der Waals surface area contributed by atoms with E-state index in [1.54, 1.807) is 7.11 Å². The Bertz CT molecular complexity index is 969. The molecule has 3 aromatic rings. The van der Waals surface area contributed by atoms with Gasteiger partial charge >= 0.3 is 0 Å². The number of methoxy groups -OCH3 is 1. The summed E-state index contributed by atoms with van der Waals surface area (Å²) in [5.41, 5.74) is 3.56. The van der Waals surface area contributed by atoms with Crippen molar-refractivity contribution in [2.24, 2.45) is 4.99 Å². The lowest BCUT2D eigenvalue weighted by atomic mass is 10.2. The van der Waals surface area contributed by atoms with Gasteiger partial charge in [0, 0.05) is 49.9 Å². The van der Waals surface area contributed by atoms with Crippen LogP contribution < -0.4 is 20.3 Å². The summed E-state index contributed by atoms with van der Waals surface area (Å²) in [4.78, 5) is 10.7. The van der Waals surface area contributed by atoms with Crippen LogP contribution in [0.1, 0.15) is 19.0 Å². The number of halogens is 1. The predicted molar refractivity (Wildman–Crippen MR) is 140 cm³/mol. The highest BCUT2D eigenvalue weighted by molar-refractivity contribution is 14.0. The van der Waals surface area contributed by atoms with Gasteiger partial charge in [-0.2, -0.15) is 0 Å². The number of nitrogens with one attached hydrogen (secondary N) is 3. The Kier molecular flexibility index (Phi) is 8.45. The maximum absolute atomic E-state index is 5.53. The highest BCUT2D eigenvalue weighted by Gasteiger charge is 2.25. The third kappa shape index (κ3) is 5.84. The van der Waals surface area contributed by atoms with Crippen LogP contribution in [0.5, 0.6) is 5.75 Å². The number of aliphatic imine (C=N–C) groups is 1. The van der Waals surface area contributed by atoms with Crippen LogP contribution in [0.4, 0.5) is 5.69 Å². The molecule has 1 fully saturated rings. The summed E-state index contributed by atoms with van der Waals surface area (Å²) >= 11 is 0. The molecule has 1 aliphatic rings. The van der Waals surface area contributed by atoms with Gasteiger partial charge < -0.3 is 25.3 Å². The molecule has 1 aliphatic heterocycles. The van der Waals surface area contributed by atoms with Gasteiger partial charge in [0.1, 0.15) is 5.75 Å². The number of hydrogen-bond acceptors (Lipinski definition) is 3. The minimum absolute atomic E-state index is 0. The van der Waals surface area contributed by atoms with Crippen molar-refractivity contribution in [3.05, 3.63) is 60.3 Å². The second-order valence-corrected chi connectivity index (χ2v) is 7.64. The van der Waals surface area contributed by atoms with Gasteiger partial charge in [0.25, 0.3) is 0 Å². The zero-order chi connectivity index (χ0) is 20.8. The molecule has 1 aromatic heterocycles. The average molecular weight is 533 g/mol. The number of benzene rings is 2. The maximum atomic E-state index is 5.53. The van der Waals surface area contributed by atoms with Crippen LogP contribution >= 0.6 is 24.0 Å². The van der Waals surface area contributed by atoms with Gasteiger partial charge in [0.15, 0.2) is 5.96 Å². The lowest BCUT2D eigenvalue weighted by Gasteiger charge is -2.22. The van der Waals surface area contributed by atoms with Crippen LogP contribution in [0.25, 0.3) is 10.9 Å². The van der Waals surface area contributed by atoms with Gasteiger partial charge in [-0.25, -0.2) is 0 Å². The fourth-order valence-corrected chi connectivity index (χ4v) is 4.06. The zero-order valence-corrected chi connectivity index (χ0v) is 20.6. The molecule has 6 nitrogen and oxygen atoms in total. The van der Waals surface area contributed by atoms with E-state index in [2.05, 4.69) is 69.9 Å². The molecule has 1 unspecified atom stereocenters. The van der Waals surface area contributed by atoms with Crippen molar-refractivity contribution in [1.82, 2.24) is 15.6 Å². The van der Waals surface area contributed by atoms with E-state index in [9.17, 15) is 0 Å². The molecule has 0 amide bonds. The molecule has 7 heteroatoms. The third-order valence-corrected chi connectivity index (χ3v) is 5.54. The van der Waals surface area contributed by atoms with Crippen LogP contribution in [0.3, 0.4) is 0 Å². The number of fused-ring (bicyclic) bond motifs is 1. The molecule has 2 heterocycles. The molecule has 3 N–H and O–H groups in total. The molecule has 0 saturated carbocycles. The molecule has 0 aliphatic carbocycles. The van der Waals surface area contributed by atoms with Gasteiger partial charge in [-0.05, 0) is 43.0 Å². The number of rotatable bonds is 7. The van der Waals surface area contributed by atoms with Crippen molar-refractivity contribution in [2.45, 2.75) is 25.8 Å². The van der Waals surface area contributed by atoms with E-state index in [0.29, 0.717) is 6.04 Å². The third-order valence-electron chi connectivity index (χ3n) is 5.54. The van der Waals surface area contributed by atoms with Gasteiger partial charge in [0.2, 0.25) is 0 Å². The van der Waals surface area contributed by atoms with E-state index in [0.717, 1.165) is 56.4 Å². The fourth-order valence-electron chi connectivity index (χ4n) is 4.06. The summed E-state index contributed by atoms with van der Waals surface area (Å²) in [6.45, 7) is 5.64. The number of nitrogens with zero attached hydrogens (tertiary/aromatic N) is 2. The Balaban J connectivity index is 0.00000272. The SMILES string of the molecule is CCNC(=NCCc1cc2ccccc2[nH]1)NC1CCN(c2ccccc2OC)C1.I. The summed E-state index contributed by atoms with van der Waals surface area (Å²) in [6.07, 6.45) is 1.97. The molecular formula is C24H32IN5O. The van der Waals surface area contributed by atoms with Gasteiger partial charge in [-0.3, -0.25) is 4.99 Å². The normalized spacial score (nSPS) is 16.3. The highest BCUT2D eigenvalue weighted by Crippen LogP contribution is 2.30. The van der Waals surface area contributed by atoms with E-state index in [4.69, 9.17) is 9.73 Å². The second-order valence-electron chi connectivity index (χ2n) is 7.64.